The van der Waals surface area contributed by atoms with Crippen LogP contribution in [0.1, 0.15) is 12.8 Å². The van der Waals surface area contributed by atoms with E-state index in [-0.39, 0.29) is 5.60 Å². The van der Waals surface area contributed by atoms with Gasteiger partial charge in [0.25, 0.3) is 0 Å². The molecule has 0 aliphatic heterocycles. The number of ether oxygens (including phenoxy) is 1. The van der Waals surface area contributed by atoms with E-state index in [1.807, 2.05) is 54.9 Å². The summed E-state index contributed by atoms with van der Waals surface area (Å²) >= 11 is 0. The number of hydrogen-bond acceptors (Lipinski definition) is 4. The fourth-order valence-electron chi connectivity index (χ4n) is 4.33. The minimum absolute atomic E-state index is 0.106. The molecule has 6 rings (SSSR count). The van der Waals surface area contributed by atoms with Crippen molar-refractivity contribution in [1.82, 2.24) is 19.2 Å². The Kier molecular flexibility index (Phi) is 5.09. The summed E-state index contributed by atoms with van der Waals surface area (Å²) in [6.07, 6.45) is 13.1. The second-order valence-corrected chi connectivity index (χ2v) is 11.2. The van der Waals surface area contributed by atoms with Gasteiger partial charge in [0.1, 0.15) is 17.6 Å². The van der Waals surface area contributed by atoms with Crippen LogP contribution in [0.3, 0.4) is 0 Å². The molecule has 1 saturated carbocycles. The third-order valence-electron chi connectivity index (χ3n) is 6.41. The number of rotatable bonds is 7. The Labute approximate surface area is 204 Å². The van der Waals surface area contributed by atoms with Crippen LogP contribution in [0.15, 0.2) is 96.5 Å². The number of hydrogen-bond donors (Lipinski definition) is 1. The highest BCUT2D eigenvalue weighted by Crippen LogP contribution is 2.42. The maximum absolute atomic E-state index is 12.1. The van der Waals surface area contributed by atoms with Gasteiger partial charge in [0.2, 0.25) is 10.2 Å². The first-order valence-corrected chi connectivity index (χ1v) is 13.4. The molecule has 2 aromatic carbocycles. The number of benzene rings is 2. The smallest absolute Gasteiger partial charge is 0.244 e. The lowest BCUT2D eigenvalue weighted by Crippen LogP contribution is -2.24. The highest BCUT2D eigenvalue weighted by molar-refractivity contribution is 7.97. The average molecular weight is 486 g/mol. The molecule has 1 aliphatic carbocycles. The van der Waals surface area contributed by atoms with E-state index in [1.54, 1.807) is 28.9 Å². The summed E-state index contributed by atoms with van der Waals surface area (Å²) in [5.74, 6) is 0.866. The molecule has 0 spiro atoms. The summed E-state index contributed by atoms with van der Waals surface area (Å²) in [5.41, 5.74) is 4.15. The van der Waals surface area contributed by atoms with Crippen LogP contribution in [-0.2, 0) is 21.0 Å². The summed E-state index contributed by atoms with van der Waals surface area (Å²) in [4.78, 5) is 5.04. The normalized spacial score (nSPS) is 16.2. The zero-order chi connectivity index (χ0) is 24.0. The molecular weight excluding hydrogens is 460 g/mol. The van der Waals surface area contributed by atoms with Gasteiger partial charge in [0.15, 0.2) is 10.5 Å². The molecule has 0 saturated heterocycles. The largest absolute Gasteiger partial charge is 0.485 e. The van der Waals surface area contributed by atoms with E-state index in [1.165, 1.54) is 6.26 Å². The van der Waals surface area contributed by atoms with Crippen LogP contribution < -0.4 is 4.74 Å². The fraction of sp³-hybridized carbons (Fsp3) is 0.185. The maximum atomic E-state index is 12.1. The van der Waals surface area contributed by atoms with E-state index in [0.29, 0.717) is 10.5 Å². The van der Waals surface area contributed by atoms with E-state index in [0.717, 1.165) is 47.4 Å². The zero-order valence-corrected chi connectivity index (χ0v) is 20.1. The van der Waals surface area contributed by atoms with Crippen molar-refractivity contribution >= 4 is 15.9 Å². The predicted octanol–water partition coefficient (Wildman–Crippen LogP) is 5.44. The minimum Gasteiger partial charge on any atom is -0.485 e. The van der Waals surface area contributed by atoms with Gasteiger partial charge in [-0.15, -0.1) is 0 Å². The van der Waals surface area contributed by atoms with Crippen molar-refractivity contribution in [3.8, 4) is 28.0 Å². The highest BCUT2D eigenvalue weighted by Gasteiger charge is 2.45. The zero-order valence-electron chi connectivity index (χ0n) is 19.2. The molecule has 5 aromatic rings. The van der Waals surface area contributed by atoms with Gasteiger partial charge in [-0.1, -0.05) is 28.5 Å². The Morgan fingerprint density at radius 2 is 1.77 bits per heavy atom. The Morgan fingerprint density at radius 3 is 2.49 bits per heavy atom. The van der Waals surface area contributed by atoms with Crippen molar-refractivity contribution in [1.29, 1.82) is 0 Å². The topological polar surface area (TPSA) is 81.6 Å². The first-order chi connectivity index (χ1) is 16.9. The summed E-state index contributed by atoms with van der Waals surface area (Å²) < 4.78 is 32.2. The van der Waals surface area contributed by atoms with E-state index < -0.39 is 10.2 Å². The van der Waals surface area contributed by atoms with Crippen molar-refractivity contribution in [2.24, 2.45) is 0 Å². The lowest BCUT2D eigenvalue weighted by atomic mass is 10.1. The summed E-state index contributed by atoms with van der Waals surface area (Å²) in [5, 5.41) is 4.48. The lowest BCUT2D eigenvalue weighted by Gasteiger charge is -2.19. The van der Waals surface area contributed by atoms with E-state index >= 15 is 0 Å². The van der Waals surface area contributed by atoms with Crippen molar-refractivity contribution in [2.75, 3.05) is 6.26 Å². The highest BCUT2D eigenvalue weighted by atomic mass is 32.3. The lowest BCUT2D eigenvalue weighted by molar-refractivity contribution is 0.157. The van der Waals surface area contributed by atoms with Gasteiger partial charge in [0, 0.05) is 42.0 Å². The Bertz CT molecular complexity index is 1550. The summed E-state index contributed by atoms with van der Waals surface area (Å²) in [6.45, 7) is 0.862. The van der Waals surface area contributed by atoms with Crippen molar-refractivity contribution in [2.45, 2.75) is 29.9 Å². The van der Waals surface area contributed by atoms with Gasteiger partial charge in [-0.05, 0) is 54.3 Å². The van der Waals surface area contributed by atoms with Crippen LogP contribution in [0, 0.1) is 0 Å². The molecule has 0 bridgehead atoms. The van der Waals surface area contributed by atoms with Crippen LogP contribution in [0.5, 0.6) is 5.75 Å². The summed E-state index contributed by atoms with van der Waals surface area (Å²) in [7, 11) is -3.05. The third-order valence-corrected chi connectivity index (χ3v) is 7.53. The van der Waals surface area contributed by atoms with E-state index in [2.05, 4.69) is 27.0 Å². The van der Waals surface area contributed by atoms with Gasteiger partial charge in [-0.3, -0.25) is 0 Å². The van der Waals surface area contributed by atoms with Gasteiger partial charge in [0.05, 0.1) is 12.7 Å². The van der Waals surface area contributed by atoms with Crippen LogP contribution in [0.25, 0.3) is 27.9 Å². The molecule has 3 heterocycles. The van der Waals surface area contributed by atoms with Crippen LogP contribution in [0.4, 0.5) is 0 Å². The first-order valence-electron chi connectivity index (χ1n) is 11.4. The summed E-state index contributed by atoms with van der Waals surface area (Å²) in [6, 6.07) is 19.2. The standard InChI is InChI=1S/C27H24N4O3S/c1-35(32,33)24-6-4-5-21(15-24)25-17-29-31-18-22(16-28-26(25)31)20-7-9-23(10-8-20)34-27(11-12-27)19-30-13-2-3-14-30/h2-10,13-18H,11-12,19H2,1H3/p+1. The predicted molar refractivity (Wildman–Crippen MR) is 136 cm³/mol. The van der Waals surface area contributed by atoms with Crippen molar-refractivity contribution in [3.63, 3.8) is 0 Å². The maximum Gasteiger partial charge on any atom is 0.244 e. The van der Waals surface area contributed by atoms with E-state index in [4.69, 9.17) is 4.74 Å². The van der Waals surface area contributed by atoms with Crippen LogP contribution in [0.2, 0.25) is 0 Å². The molecular formula is C27H25N4O3S+. The molecule has 176 valence electrons. The molecule has 1 atom stereocenters. The number of fused-ring (bicyclic) bond motifs is 1. The fourth-order valence-corrected chi connectivity index (χ4v) is 5.01. The molecule has 35 heavy (non-hydrogen) atoms. The number of aromatic nitrogens is 4. The molecule has 7 nitrogen and oxygen atoms in total. The average Bonchev–Trinajstić information content (AvgIpc) is 3.21. The molecule has 0 radical (unpaired) electrons. The molecule has 1 fully saturated rings. The monoisotopic (exact) mass is 485 g/mol. The van der Waals surface area contributed by atoms with Gasteiger partial charge < -0.3 is 9.30 Å². The second kappa shape index (κ2) is 8.18. The molecule has 1 aliphatic rings. The quantitative estimate of drug-likeness (QED) is 0.311. The Morgan fingerprint density at radius 1 is 1.00 bits per heavy atom. The molecule has 0 amide bonds. The van der Waals surface area contributed by atoms with E-state index in [9.17, 15) is 8.76 Å². The Hall–Kier alpha value is -3.75. The second-order valence-electron chi connectivity index (χ2n) is 9.16. The molecule has 1 unspecified atom stereocenters. The van der Waals surface area contributed by atoms with Gasteiger partial charge in [-0.25, -0.2) is 9.50 Å². The van der Waals surface area contributed by atoms with Crippen LogP contribution in [-0.4, -0.2) is 35.6 Å². The number of nitrogens with zero attached hydrogens (tertiary/aromatic N) is 4. The van der Waals surface area contributed by atoms with Crippen molar-refractivity contribution < 1.29 is 13.5 Å². The third kappa shape index (κ3) is 4.38. The van der Waals surface area contributed by atoms with Gasteiger partial charge >= 0.3 is 0 Å². The molecule has 3 aromatic heterocycles. The Balaban J connectivity index is 1.23. The molecule has 8 heteroatoms. The molecule has 1 N–H and O–H groups in total. The van der Waals surface area contributed by atoms with Gasteiger partial charge in [-0.2, -0.15) is 9.65 Å². The van der Waals surface area contributed by atoms with Crippen LogP contribution >= 0.6 is 0 Å². The SMILES string of the molecule is C[S+](=O)(O)c1cccc(-c2cnn3cc(-c4ccc(OC5(Cn6cccc6)CC5)cc4)cnc23)c1. The first kappa shape index (κ1) is 21.8. The van der Waals surface area contributed by atoms with Crippen molar-refractivity contribution in [3.05, 3.63) is 91.6 Å². The minimum atomic E-state index is -3.05.